The zero-order valence-corrected chi connectivity index (χ0v) is 9.46. The summed E-state index contributed by atoms with van der Waals surface area (Å²) in [5.41, 5.74) is 7.69. The van der Waals surface area contributed by atoms with Gasteiger partial charge in [-0.25, -0.2) is 4.39 Å². The number of hydrogen-bond donors (Lipinski definition) is 1. The molecule has 0 bridgehead atoms. The summed E-state index contributed by atoms with van der Waals surface area (Å²) in [5, 5.41) is 0. The number of carbonyl (C=O) groups excluding carboxylic acids is 1. The third kappa shape index (κ3) is 1.80. The predicted octanol–water partition coefficient (Wildman–Crippen LogP) is 1.11. The van der Waals surface area contributed by atoms with Crippen molar-refractivity contribution in [3.05, 3.63) is 34.6 Å². The third-order valence-electron chi connectivity index (χ3n) is 2.92. The van der Waals surface area contributed by atoms with E-state index in [0.29, 0.717) is 24.2 Å². The molecule has 1 atom stereocenters. The van der Waals surface area contributed by atoms with E-state index in [-0.39, 0.29) is 17.8 Å². The van der Waals surface area contributed by atoms with Crippen molar-refractivity contribution in [2.75, 3.05) is 6.54 Å². The molecule has 0 radical (unpaired) electrons. The maximum Gasteiger partial charge on any atom is 0.241 e. The zero-order valence-electron chi connectivity index (χ0n) is 9.46. The van der Waals surface area contributed by atoms with Crippen molar-refractivity contribution in [1.29, 1.82) is 0 Å². The van der Waals surface area contributed by atoms with Gasteiger partial charge in [0.15, 0.2) is 0 Å². The van der Waals surface area contributed by atoms with Crippen LogP contribution in [0.4, 0.5) is 4.39 Å². The molecule has 1 aliphatic heterocycles. The van der Waals surface area contributed by atoms with Crippen molar-refractivity contribution in [1.82, 2.24) is 4.90 Å². The Morgan fingerprint density at radius 1 is 1.44 bits per heavy atom. The van der Waals surface area contributed by atoms with E-state index in [9.17, 15) is 9.18 Å². The van der Waals surface area contributed by atoms with Crippen LogP contribution in [0.25, 0.3) is 0 Å². The van der Waals surface area contributed by atoms with Crippen LogP contribution in [-0.4, -0.2) is 23.4 Å². The van der Waals surface area contributed by atoms with Gasteiger partial charge in [0.25, 0.3) is 0 Å². The smallest absolute Gasteiger partial charge is 0.241 e. The second-order valence-corrected chi connectivity index (χ2v) is 4.37. The minimum atomic E-state index is -0.345. The lowest BCUT2D eigenvalue weighted by Gasteiger charge is -2.36. The summed E-state index contributed by atoms with van der Waals surface area (Å²) in [5.74, 6) is -0.199. The fraction of sp³-hybridized carbons (Fsp3) is 0.417. The number of nitrogens with two attached hydrogens (primary N) is 1. The van der Waals surface area contributed by atoms with Crippen molar-refractivity contribution >= 4 is 5.91 Å². The first kappa shape index (κ1) is 11.1. The zero-order chi connectivity index (χ0) is 11.9. The Kier molecular flexibility index (Phi) is 2.68. The number of aryl methyl sites for hydroxylation is 2. The molecule has 0 aromatic heterocycles. The van der Waals surface area contributed by atoms with Gasteiger partial charge in [0.2, 0.25) is 5.91 Å². The van der Waals surface area contributed by atoms with Gasteiger partial charge in [-0.1, -0.05) is 12.1 Å². The average molecular weight is 222 g/mol. The summed E-state index contributed by atoms with van der Waals surface area (Å²) in [6, 6.07) is 3.21. The molecule has 0 aliphatic carbocycles. The van der Waals surface area contributed by atoms with Crippen LogP contribution in [0, 0.1) is 19.7 Å². The van der Waals surface area contributed by atoms with Crippen LogP contribution >= 0.6 is 0 Å². The highest BCUT2D eigenvalue weighted by atomic mass is 19.1. The van der Waals surface area contributed by atoms with E-state index in [0.717, 1.165) is 5.56 Å². The Morgan fingerprint density at radius 3 is 2.44 bits per heavy atom. The molecule has 0 spiro atoms. The molecule has 1 fully saturated rings. The Bertz CT molecular complexity index is 422. The van der Waals surface area contributed by atoms with Crippen LogP contribution in [0.1, 0.15) is 16.7 Å². The van der Waals surface area contributed by atoms with E-state index in [1.807, 2.05) is 0 Å². The molecule has 1 unspecified atom stereocenters. The van der Waals surface area contributed by atoms with E-state index in [2.05, 4.69) is 0 Å². The lowest BCUT2D eigenvalue weighted by atomic mass is 10.0. The van der Waals surface area contributed by atoms with Crippen molar-refractivity contribution in [3.8, 4) is 0 Å². The first-order chi connectivity index (χ1) is 7.49. The second kappa shape index (κ2) is 3.87. The van der Waals surface area contributed by atoms with Crippen molar-refractivity contribution < 1.29 is 9.18 Å². The van der Waals surface area contributed by atoms with E-state index in [1.165, 1.54) is 0 Å². The molecule has 2 N–H and O–H groups in total. The Hall–Kier alpha value is -1.42. The first-order valence-corrected chi connectivity index (χ1v) is 5.29. The maximum atomic E-state index is 13.4. The summed E-state index contributed by atoms with van der Waals surface area (Å²) in [6.45, 7) is 4.58. The van der Waals surface area contributed by atoms with Crippen LogP contribution < -0.4 is 5.73 Å². The van der Waals surface area contributed by atoms with E-state index >= 15 is 0 Å². The van der Waals surface area contributed by atoms with Gasteiger partial charge in [0.05, 0.1) is 0 Å². The van der Waals surface area contributed by atoms with Gasteiger partial charge in [-0.15, -0.1) is 0 Å². The molecule has 1 aromatic rings. The van der Waals surface area contributed by atoms with Crippen LogP contribution in [0.5, 0.6) is 0 Å². The standard InChI is InChI=1S/C12H15FN2O/c1-7-3-9(4-8(2)11(7)13)5-15-6-10(14)12(15)16/h3-4,10H,5-6,14H2,1-2H3. The normalized spacial score (nSPS) is 19.9. The number of β-lactam (4-membered cyclic amide) rings is 1. The Labute approximate surface area is 94.0 Å². The number of likely N-dealkylation sites (tertiary alicyclic amines) is 1. The van der Waals surface area contributed by atoms with Gasteiger partial charge in [0.1, 0.15) is 11.9 Å². The molecule has 1 heterocycles. The van der Waals surface area contributed by atoms with E-state index in [1.54, 1.807) is 30.9 Å². The lowest BCUT2D eigenvalue weighted by molar-refractivity contribution is -0.143. The fourth-order valence-electron chi connectivity index (χ4n) is 2.02. The van der Waals surface area contributed by atoms with Crippen molar-refractivity contribution in [3.63, 3.8) is 0 Å². The largest absolute Gasteiger partial charge is 0.335 e. The minimum absolute atomic E-state index is 0.0281. The second-order valence-electron chi connectivity index (χ2n) is 4.37. The van der Waals surface area contributed by atoms with Gasteiger partial charge in [-0.05, 0) is 30.5 Å². The number of nitrogens with zero attached hydrogens (tertiary/aromatic N) is 1. The number of carbonyl (C=O) groups is 1. The predicted molar refractivity (Wildman–Crippen MR) is 59.3 cm³/mol. The monoisotopic (exact) mass is 222 g/mol. The maximum absolute atomic E-state index is 13.4. The molecule has 86 valence electrons. The Balaban J connectivity index is 2.14. The molecule has 4 heteroatoms. The van der Waals surface area contributed by atoms with Crippen LogP contribution in [0.2, 0.25) is 0 Å². The average Bonchev–Trinajstić information content (AvgIpc) is 2.25. The van der Waals surface area contributed by atoms with Gasteiger partial charge in [-0.2, -0.15) is 0 Å². The highest BCUT2D eigenvalue weighted by Gasteiger charge is 2.33. The molecule has 0 saturated carbocycles. The van der Waals surface area contributed by atoms with Crippen molar-refractivity contribution in [2.24, 2.45) is 5.73 Å². The quantitative estimate of drug-likeness (QED) is 0.762. The molecule has 1 amide bonds. The van der Waals surface area contributed by atoms with Crippen LogP contribution in [0.15, 0.2) is 12.1 Å². The number of benzene rings is 1. The number of rotatable bonds is 2. The number of amides is 1. The highest BCUT2D eigenvalue weighted by Crippen LogP contribution is 2.18. The van der Waals surface area contributed by atoms with Gasteiger partial charge >= 0.3 is 0 Å². The van der Waals surface area contributed by atoms with Crippen LogP contribution in [-0.2, 0) is 11.3 Å². The number of hydrogen-bond acceptors (Lipinski definition) is 2. The minimum Gasteiger partial charge on any atom is -0.335 e. The molecule has 1 aliphatic rings. The molecule has 1 saturated heterocycles. The van der Waals surface area contributed by atoms with Crippen molar-refractivity contribution in [2.45, 2.75) is 26.4 Å². The highest BCUT2D eigenvalue weighted by molar-refractivity contribution is 5.87. The molecule has 3 nitrogen and oxygen atoms in total. The van der Waals surface area contributed by atoms with E-state index < -0.39 is 0 Å². The van der Waals surface area contributed by atoms with Crippen LogP contribution in [0.3, 0.4) is 0 Å². The SMILES string of the molecule is Cc1cc(CN2CC(N)C2=O)cc(C)c1F. The molecule has 16 heavy (non-hydrogen) atoms. The summed E-state index contributed by atoms with van der Waals surface area (Å²) in [7, 11) is 0. The van der Waals surface area contributed by atoms with Gasteiger partial charge in [0, 0.05) is 13.1 Å². The summed E-state index contributed by atoms with van der Waals surface area (Å²) >= 11 is 0. The summed E-state index contributed by atoms with van der Waals surface area (Å²) in [6.07, 6.45) is 0. The van der Waals surface area contributed by atoms with Gasteiger partial charge < -0.3 is 10.6 Å². The lowest BCUT2D eigenvalue weighted by Crippen LogP contribution is -2.60. The molecular formula is C12H15FN2O. The summed E-state index contributed by atoms with van der Waals surface area (Å²) in [4.78, 5) is 13.0. The Morgan fingerprint density at radius 2 is 2.00 bits per heavy atom. The molecule has 1 aromatic carbocycles. The molecule has 2 rings (SSSR count). The molecular weight excluding hydrogens is 207 g/mol. The fourth-order valence-corrected chi connectivity index (χ4v) is 2.02. The third-order valence-corrected chi connectivity index (χ3v) is 2.92. The first-order valence-electron chi connectivity index (χ1n) is 5.29. The van der Waals surface area contributed by atoms with E-state index in [4.69, 9.17) is 5.73 Å². The number of halogens is 1. The summed E-state index contributed by atoms with van der Waals surface area (Å²) < 4.78 is 13.4. The topological polar surface area (TPSA) is 46.3 Å². The van der Waals surface area contributed by atoms with Gasteiger partial charge in [-0.3, -0.25) is 4.79 Å².